The average molecular weight is 381 g/mol. The van der Waals surface area contributed by atoms with Crippen LogP contribution in [0.3, 0.4) is 0 Å². The number of nitrogens with zero attached hydrogens (tertiary/aromatic N) is 6. The molecule has 0 amide bonds. The van der Waals surface area contributed by atoms with E-state index < -0.39 is 0 Å². The highest BCUT2D eigenvalue weighted by atomic mass is 32.1. The van der Waals surface area contributed by atoms with Crippen molar-refractivity contribution in [3.8, 4) is 11.1 Å². The minimum absolute atomic E-state index is 0.182. The molecular formula is C17H19N9S. The smallest absolute Gasteiger partial charge is 0.167 e. The molecule has 0 saturated carbocycles. The molecule has 1 aliphatic rings. The van der Waals surface area contributed by atoms with E-state index in [0.717, 1.165) is 58.6 Å². The van der Waals surface area contributed by atoms with Crippen LogP contribution in [0.25, 0.3) is 16.8 Å². The second kappa shape index (κ2) is 6.32. The van der Waals surface area contributed by atoms with Crippen molar-refractivity contribution in [1.82, 2.24) is 29.2 Å². The van der Waals surface area contributed by atoms with Crippen LogP contribution in [-0.2, 0) is 0 Å². The van der Waals surface area contributed by atoms with Gasteiger partial charge in [-0.3, -0.25) is 5.10 Å². The van der Waals surface area contributed by atoms with Gasteiger partial charge < -0.3 is 16.0 Å². The lowest BCUT2D eigenvalue weighted by Crippen LogP contribution is -2.27. The normalized spacial score (nSPS) is 17.1. The first-order valence-electron chi connectivity index (χ1n) is 8.76. The molecule has 10 heteroatoms. The molecule has 138 valence electrons. The van der Waals surface area contributed by atoms with Crippen LogP contribution in [0.2, 0.25) is 0 Å². The van der Waals surface area contributed by atoms with Crippen LogP contribution in [-0.4, -0.2) is 48.3 Å². The predicted octanol–water partition coefficient (Wildman–Crippen LogP) is 2.17. The van der Waals surface area contributed by atoms with E-state index in [1.54, 1.807) is 6.20 Å². The number of fused-ring (bicyclic) bond motifs is 1. The van der Waals surface area contributed by atoms with Gasteiger partial charge in [-0.05, 0) is 30.9 Å². The summed E-state index contributed by atoms with van der Waals surface area (Å²) in [7, 11) is 0. The summed E-state index contributed by atoms with van der Waals surface area (Å²) in [6.45, 7) is 3.68. The molecule has 0 spiro atoms. The van der Waals surface area contributed by atoms with Crippen molar-refractivity contribution in [1.29, 1.82) is 0 Å². The van der Waals surface area contributed by atoms with Crippen molar-refractivity contribution in [2.75, 3.05) is 23.3 Å². The predicted molar refractivity (Wildman–Crippen MR) is 106 cm³/mol. The molecule has 1 fully saturated rings. The van der Waals surface area contributed by atoms with E-state index in [4.69, 9.17) is 10.7 Å². The first-order chi connectivity index (χ1) is 13.2. The zero-order valence-corrected chi connectivity index (χ0v) is 15.6. The van der Waals surface area contributed by atoms with Gasteiger partial charge >= 0.3 is 0 Å². The third-order valence-corrected chi connectivity index (χ3v) is 5.49. The highest BCUT2D eigenvalue weighted by molar-refractivity contribution is 7.10. The Morgan fingerprint density at radius 1 is 1.33 bits per heavy atom. The van der Waals surface area contributed by atoms with Crippen LogP contribution in [0, 0.1) is 6.92 Å². The molecular weight excluding hydrogens is 362 g/mol. The Balaban J connectivity index is 1.65. The number of hydrogen-bond acceptors (Lipinski definition) is 8. The first-order valence-corrected chi connectivity index (χ1v) is 9.53. The molecule has 1 saturated heterocycles. The average Bonchev–Trinajstić information content (AvgIpc) is 3.41. The zero-order valence-electron chi connectivity index (χ0n) is 14.8. The minimum Gasteiger partial charge on any atom is -0.355 e. The lowest BCUT2D eigenvalue weighted by atomic mass is 10.2. The van der Waals surface area contributed by atoms with Crippen LogP contribution >= 0.6 is 11.5 Å². The van der Waals surface area contributed by atoms with Gasteiger partial charge in [0.1, 0.15) is 16.6 Å². The Labute approximate surface area is 159 Å². The monoisotopic (exact) mass is 381 g/mol. The van der Waals surface area contributed by atoms with Crippen LogP contribution in [0.4, 0.5) is 16.6 Å². The molecule has 9 nitrogen and oxygen atoms in total. The highest BCUT2D eigenvalue weighted by Crippen LogP contribution is 2.30. The molecule has 4 aromatic rings. The quantitative estimate of drug-likeness (QED) is 0.496. The zero-order chi connectivity index (χ0) is 18.4. The minimum atomic E-state index is 0.182. The SMILES string of the molecule is Cc1cc(Nc2cc(N3CC[C@H](N)C3)nc3c(-c4cn[nH]c4)cnn23)sn1. The number of nitrogens with two attached hydrogens (primary N) is 1. The molecule has 1 atom stereocenters. The topological polar surface area (TPSA) is 113 Å². The van der Waals surface area contributed by atoms with Crippen molar-refractivity contribution in [2.24, 2.45) is 5.73 Å². The number of aromatic nitrogens is 6. The summed E-state index contributed by atoms with van der Waals surface area (Å²) >= 11 is 1.42. The van der Waals surface area contributed by atoms with E-state index in [1.165, 1.54) is 11.5 Å². The van der Waals surface area contributed by atoms with Gasteiger partial charge in [0.05, 0.1) is 18.1 Å². The summed E-state index contributed by atoms with van der Waals surface area (Å²) in [5.74, 6) is 1.73. The Morgan fingerprint density at radius 2 is 2.26 bits per heavy atom. The summed E-state index contributed by atoms with van der Waals surface area (Å²) in [5.41, 5.74) is 9.74. The van der Waals surface area contributed by atoms with Crippen molar-refractivity contribution in [3.63, 3.8) is 0 Å². The Bertz CT molecular complexity index is 1080. The fourth-order valence-corrected chi connectivity index (χ4v) is 4.02. The molecule has 4 aromatic heterocycles. The summed E-state index contributed by atoms with van der Waals surface area (Å²) in [6.07, 6.45) is 6.40. The van der Waals surface area contributed by atoms with Crippen molar-refractivity contribution in [2.45, 2.75) is 19.4 Å². The fraction of sp³-hybridized carbons (Fsp3) is 0.294. The van der Waals surface area contributed by atoms with E-state index in [2.05, 4.69) is 29.9 Å². The molecule has 1 aliphatic heterocycles. The number of nitrogens with one attached hydrogen (secondary N) is 2. The third-order valence-electron chi connectivity index (χ3n) is 4.70. The van der Waals surface area contributed by atoms with E-state index in [1.807, 2.05) is 36.0 Å². The van der Waals surface area contributed by atoms with E-state index in [-0.39, 0.29) is 6.04 Å². The standard InChI is InChI=1S/C17H19N9S/c1-10-4-16(27-24-10)22-15-5-14(25-3-2-12(18)9-25)23-17-13(8-21-26(15)17)11-6-19-20-7-11/h4-8,12,22H,2-3,9,18H2,1H3,(H,19,20)/t12-/m0/s1. The van der Waals surface area contributed by atoms with Crippen LogP contribution in [0.1, 0.15) is 12.1 Å². The molecule has 0 unspecified atom stereocenters. The van der Waals surface area contributed by atoms with Gasteiger partial charge in [0, 0.05) is 42.5 Å². The van der Waals surface area contributed by atoms with Gasteiger partial charge in [0.25, 0.3) is 0 Å². The fourth-order valence-electron chi connectivity index (χ4n) is 3.35. The molecule has 0 aromatic carbocycles. The van der Waals surface area contributed by atoms with E-state index in [0.29, 0.717) is 0 Å². The maximum atomic E-state index is 6.10. The van der Waals surface area contributed by atoms with Gasteiger partial charge in [-0.15, -0.1) is 0 Å². The Morgan fingerprint density at radius 3 is 2.96 bits per heavy atom. The van der Waals surface area contributed by atoms with E-state index >= 15 is 0 Å². The van der Waals surface area contributed by atoms with Gasteiger partial charge in [0.15, 0.2) is 5.65 Å². The van der Waals surface area contributed by atoms with Crippen molar-refractivity contribution < 1.29 is 0 Å². The number of anilines is 3. The first kappa shape index (κ1) is 16.2. The van der Waals surface area contributed by atoms with Crippen molar-refractivity contribution in [3.05, 3.63) is 36.4 Å². The molecule has 27 heavy (non-hydrogen) atoms. The summed E-state index contributed by atoms with van der Waals surface area (Å²) in [4.78, 5) is 7.11. The summed E-state index contributed by atoms with van der Waals surface area (Å²) in [5, 5.41) is 15.9. The van der Waals surface area contributed by atoms with Crippen LogP contribution in [0.5, 0.6) is 0 Å². The second-order valence-corrected chi connectivity index (χ2v) is 7.54. The number of H-pyrrole nitrogens is 1. The van der Waals surface area contributed by atoms with Gasteiger partial charge in [-0.2, -0.15) is 19.1 Å². The lowest BCUT2D eigenvalue weighted by Gasteiger charge is -2.18. The van der Waals surface area contributed by atoms with Crippen LogP contribution in [0.15, 0.2) is 30.7 Å². The van der Waals surface area contributed by atoms with Crippen LogP contribution < -0.4 is 16.0 Å². The molecule has 5 heterocycles. The number of rotatable bonds is 4. The second-order valence-electron chi connectivity index (χ2n) is 6.73. The lowest BCUT2D eigenvalue weighted by molar-refractivity contribution is 0.751. The van der Waals surface area contributed by atoms with Gasteiger partial charge in [-0.25, -0.2) is 4.98 Å². The maximum absolute atomic E-state index is 6.10. The number of aryl methyl sites for hydroxylation is 1. The molecule has 0 radical (unpaired) electrons. The summed E-state index contributed by atoms with van der Waals surface area (Å²) in [6, 6.07) is 4.22. The molecule has 0 aliphatic carbocycles. The van der Waals surface area contributed by atoms with Crippen molar-refractivity contribution >= 4 is 33.8 Å². The third kappa shape index (κ3) is 2.92. The molecule has 5 rings (SSSR count). The van der Waals surface area contributed by atoms with E-state index in [9.17, 15) is 0 Å². The highest BCUT2D eigenvalue weighted by Gasteiger charge is 2.23. The summed E-state index contributed by atoms with van der Waals surface area (Å²) < 4.78 is 6.16. The molecule has 0 bridgehead atoms. The number of hydrogen-bond donors (Lipinski definition) is 3. The van der Waals surface area contributed by atoms with Gasteiger partial charge in [0.2, 0.25) is 0 Å². The molecule has 4 N–H and O–H groups in total. The largest absolute Gasteiger partial charge is 0.355 e. The van der Waals surface area contributed by atoms with Gasteiger partial charge in [-0.1, -0.05) is 0 Å². The Kier molecular flexibility index (Phi) is 3.80. The maximum Gasteiger partial charge on any atom is 0.167 e. The number of aromatic amines is 1. The Hall–Kier alpha value is -2.98.